The molecule has 3 nitrogen and oxygen atoms in total. The van der Waals surface area contributed by atoms with Crippen LogP contribution in [0.5, 0.6) is 0 Å². The lowest BCUT2D eigenvalue weighted by Gasteiger charge is -2.61. The molecular weight excluding hydrogens is 262 g/mol. The van der Waals surface area contributed by atoms with Gasteiger partial charge in [-0.05, 0) is 62.2 Å². The number of aliphatic hydroxyl groups is 1. The van der Waals surface area contributed by atoms with E-state index in [1.165, 1.54) is 19.3 Å². The Balaban J connectivity index is 1.79. The fourth-order valence-electron chi connectivity index (χ4n) is 6.09. The van der Waals surface area contributed by atoms with Crippen molar-refractivity contribution in [3.05, 3.63) is 0 Å². The first-order valence-corrected chi connectivity index (χ1v) is 8.90. The number of aliphatic hydroxyl groups excluding tert-OH is 1. The van der Waals surface area contributed by atoms with Crippen molar-refractivity contribution in [2.45, 2.75) is 65.2 Å². The molecule has 0 heterocycles. The second-order valence-electron chi connectivity index (χ2n) is 8.42. The van der Waals surface area contributed by atoms with Gasteiger partial charge in [-0.15, -0.1) is 0 Å². The van der Waals surface area contributed by atoms with Crippen molar-refractivity contribution in [1.29, 1.82) is 0 Å². The predicted octanol–water partition coefficient (Wildman–Crippen LogP) is 3.21. The van der Waals surface area contributed by atoms with E-state index in [4.69, 9.17) is 0 Å². The summed E-state index contributed by atoms with van der Waals surface area (Å²) < 4.78 is 0. The monoisotopic (exact) mass is 293 g/mol. The Bertz CT molecular complexity index is 392. The molecule has 4 aliphatic carbocycles. The molecule has 1 amide bonds. The number of hydrogen-bond donors (Lipinski definition) is 1. The molecule has 1 N–H and O–H groups in total. The van der Waals surface area contributed by atoms with E-state index in [1.807, 2.05) is 4.90 Å². The summed E-state index contributed by atoms with van der Waals surface area (Å²) in [4.78, 5) is 15.2. The molecule has 4 rings (SSSR count). The number of carbonyl (C=O) groups excluding carboxylic acids is 1. The Morgan fingerprint density at radius 2 is 1.86 bits per heavy atom. The lowest BCUT2D eigenvalue weighted by Crippen LogP contribution is -2.57. The van der Waals surface area contributed by atoms with Gasteiger partial charge in [0.15, 0.2) is 0 Å². The third-order valence-corrected chi connectivity index (χ3v) is 6.25. The van der Waals surface area contributed by atoms with Gasteiger partial charge in [0.1, 0.15) is 0 Å². The molecule has 0 spiro atoms. The van der Waals surface area contributed by atoms with Crippen LogP contribution in [-0.4, -0.2) is 35.6 Å². The van der Waals surface area contributed by atoms with E-state index in [1.54, 1.807) is 0 Å². The fraction of sp³-hybridized carbons (Fsp3) is 0.944. The predicted molar refractivity (Wildman–Crippen MR) is 83.8 cm³/mol. The Morgan fingerprint density at radius 1 is 1.19 bits per heavy atom. The van der Waals surface area contributed by atoms with Crippen LogP contribution in [0.3, 0.4) is 0 Å². The smallest absolute Gasteiger partial charge is 0.228 e. The lowest BCUT2D eigenvalue weighted by atomic mass is 9.44. The first-order valence-electron chi connectivity index (χ1n) is 8.90. The molecule has 21 heavy (non-hydrogen) atoms. The molecule has 0 saturated heterocycles. The first kappa shape index (κ1) is 15.3. The number of amides is 1. The normalized spacial score (nSPS) is 40.5. The van der Waals surface area contributed by atoms with Crippen molar-refractivity contribution in [3.8, 4) is 0 Å². The number of nitrogens with zero attached hydrogens (tertiary/aromatic N) is 1. The van der Waals surface area contributed by atoms with Crippen LogP contribution in [0, 0.1) is 22.7 Å². The zero-order valence-electron chi connectivity index (χ0n) is 13.7. The molecule has 0 aliphatic heterocycles. The Hall–Kier alpha value is -0.570. The highest BCUT2D eigenvalue weighted by Gasteiger charge is 2.59. The Labute approximate surface area is 129 Å². The second-order valence-corrected chi connectivity index (χ2v) is 8.42. The average Bonchev–Trinajstić information content (AvgIpc) is 2.40. The molecule has 4 aliphatic rings. The average molecular weight is 293 g/mol. The second kappa shape index (κ2) is 5.57. The summed E-state index contributed by atoms with van der Waals surface area (Å²) in [5.41, 5.74) is 0.330. The van der Waals surface area contributed by atoms with Gasteiger partial charge in [0.05, 0.1) is 12.0 Å². The summed E-state index contributed by atoms with van der Waals surface area (Å²) in [5, 5.41) is 9.32. The third-order valence-electron chi connectivity index (χ3n) is 6.25. The van der Waals surface area contributed by atoms with Gasteiger partial charge in [-0.3, -0.25) is 4.79 Å². The van der Waals surface area contributed by atoms with E-state index in [0.717, 1.165) is 50.5 Å². The summed E-state index contributed by atoms with van der Waals surface area (Å²) in [6, 6.07) is 0. The van der Waals surface area contributed by atoms with Gasteiger partial charge in [-0.2, -0.15) is 0 Å². The fourth-order valence-corrected chi connectivity index (χ4v) is 6.09. The SMILES string of the molecule is CCCCN(CCO)C(=O)C12CC3CC(CC(C)(C3)C1)C2. The van der Waals surface area contributed by atoms with Crippen LogP contribution in [0.25, 0.3) is 0 Å². The van der Waals surface area contributed by atoms with Crippen molar-refractivity contribution in [2.24, 2.45) is 22.7 Å². The van der Waals surface area contributed by atoms with E-state index in [2.05, 4.69) is 13.8 Å². The molecule has 3 heteroatoms. The number of hydrogen-bond acceptors (Lipinski definition) is 2. The highest BCUT2D eigenvalue weighted by Crippen LogP contribution is 2.65. The molecule has 4 fully saturated rings. The topological polar surface area (TPSA) is 40.5 Å². The van der Waals surface area contributed by atoms with Gasteiger partial charge in [-0.25, -0.2) is 0 Å². The molecule has 0 radical (unpaired) electrons. The van der Waals surface area contributed by atoms with E-state index in [-0.39, 0.29) is 12.0 Å². The molecule has 4 bridgehead atoms. The summed E-state index contributed by atoms with van der Waals surface area (Å²) in [6.07, 6.45) is 9.52. The summed E-state index contributed by atoms with van der Waals surface area (Å²) in [6.45, 7) is 6.01. The first-order chi connectivity index (χ1) is 10.0. The van der Waals surface area contributed by atoms with Crippen LogP contribution in [0.4, 0.5) is 0 Å². The van der Waals surface area contributed by atoms with Crippen molar-refractivity contribution in [2.75, 3.05) is 19.7 Å². The number of carbonyl (C=O) groups is 1. The summed E-state index contributed by atoms with van der Waals surface area (Å²) in [5.74, 6) is 1.93. The van der Waals surface area contributed by atoms with Gasteiger partial charge in [-0.1, -0.05) is 20.3 Å². The zero-order chi connectivity index (χ0) is 15.1. The maximum atomic E-state index is 13.2. The van der Waals surface area contributed by atoms with Crippen LogP contribution in [0.1, 0.15) is 65.2 Å². The van der Waals surface area contributed by atoms with E-state index in [0.29, 0.717) is 17.9 Å². The molecular formula is C18H31NO2. The largest absolute Gasteiger partial charge is 0.395 e. The van der Waals surface area contributed by atoms with Gasteiger partial charge in [0.25, 0.3) is 0 Å². The van der Waals surface area contributed by atoms with Crippen molar-refractivity contribution in [1.82, 2.24) is 4.90 Å². The van der Waals surface area contributed by atoms with E-state index < -0.39 is 0 Å². The number of rotatable bonds is 6. The van der Waals surface area contributed by atoms with Crippen molar-refractivity contribution in [3.63, 3.8) is 0 Å². The van der Waals surface area contributed by atoms with Gasteiger partial charge in [0.2, 0.25) is 5.91 Å². The van der Waals surface area contributed by atoms with Crippen LogP contribution >= 0.6 is 0 Å². The van der Waals surface area contributed by atoms with Crippen molar-refractivity contribution < 1.29 is 9.90 Å². The minimum absolute atomic E-state index is 0.0816. The molecule has 120 valence electrons. The van der Waals surface area contributed by atoms with Crippen LogP contribution in [0.2, 0.25) is 0 Å². The molecule has 0 aromatic carbocycles. The van der Waals surface area contributed by atoms with Crippen LogP contribution in [0.15, 0.2) is 0 Å². The van der Waals surface area contributed by atoms with E-state index in [9.17, 15) is 9.90 Å². The van der Waals surface area contributed by atoms with Gasteiger partial charge < -0.3 is 10.0 Å². The van der Waals surface area contributed by atoms with E-state index >= 15 is 0 Å². The maximum absolute atomic E-state index is 13.2. The number of unbranched alkanes of at least 4 members (excludes halogenated alkanes) is 1. The Kier molecular flexibility index (Phi) is 4.06. The van der Waals surface area contributed by atoms with Gasteiger partial charge in [0, 0.05) is 13.1 Å². The highest BCUT2D eigenvalue weighted by atomic mass is 16.3. The maximum Gasteiger partial charge on any atom is 0.228 e. The van der Waals surface area contributed by atoms with Crippen LogP contribution in [-0.2, 0) is 4.79 Å². The standard InChI is InChI=1S/C18H31NO2/c1-3-4-5-19(6-7-20)16(21)18-11-14-8-15(12-18)10-17(2,9-14)13-18/h14-15,20H,3-13H2,1-2H3. The zero-order valence-corrected chi connectivity index (χ0v) is 13.7. The third kappa shape index (κ3) is 2.74. The molecule has 0 aromatic heterocycles. The minimum Gasteiger partial charge on any atom is -0.395 e. The Morgan fingerprint density at radius 3 is 2.38 bits per heavy atom. The minimum atomic E-state index is -0.0816. The molecule has 4 saturated carbocycles. The van der Waals surface area contributed by atoms with Crippen LogP contribution < -0.4 is 0 Å². The highest BCUT2D eigenvalue weighted by molar-refractivity contribution is 5.83. The summed E-state index contributed by atoms with van der Waals surface area (Å²) in [7, 11) is 0. The molecule has 2 atom stereocenters. The quantitative estimate of drug-likeness (QED) is 0.817. The lowest BCUT2D eigenvalue weighted by molar-refractivity contribution is -0.166. The summed E-state index contributed by atoms with van der Waals surface area (Å²) >= 11 is 0. The molecule has 0 aromatic rings. The molecule has 2 unspecified atom stereocenters. The van der Waals surface area contributed by atoms with Gasteiger partial charge >= 0.3 is 0 Å². The van der Waals surface area contributed by atoms with Crippen molar-refractivity contribution >= 4 is 5.91 Å².